The second-order valence-corrected chi connectivity index (χ2v) is 6.97. The predicted octanol–water partition coefficient (Wildman–Crippen LogP) is 3.95. The first-order chi connectivity index (χ1) is 13.7. The Morgan fingerprint density at radius 2 is 1.57 bits per heavy atom. The SMILES string of the molecule is Cc1cccc(OC2CN(C(=O)NC(c3ccccc3)c3ccccc3)C2)n1. The number of amides is 2. The Labute approximate surface area is 165 Å². The largest absolute Gasteiger partial charge is 0.471 e. The first kappa shape index (κ1) is 18.0. The molecule has 0 saturated carbocycles. The number of nitrogens with one attached hydrogen (secondary N) is 1. The van der Waals surface area contributed by atoms with Crippen LogP contribution in [0.1, 0.15) is 22.9 Å². The van der Waals surface area contributed by atoms with Gasteiger partial charge in [-0.3, -0.25) is 0 Å². The second-order valence-electron chi connectivity index (χ2n) is 6.97. The Balaban J connectivity index is 1.39. The van der Waals surface area contributed by atoms with Crippen LogP contribution in [0.15, 0.2) is 78.9 Å². The van der Waals surface area contributed by atoms with Gasteiger partial charge in [-0.25, -0.2) is 9.78 Å². The predicted molar refractivity (Wildman–Crippen MR) is 108 cm³/mol. The van der Waals surface area contributed by atoms with Gasteiger partial charge in [-0.15, -0.1) is 0 Å². The third-order valence-electron chi connectivity index (χ3n) is 4.82. The normalized spacial score (nSPS) is 13.9. The zero-order valence-corrected chi connectivity index (χ0v) is 15.8. The highest BCUT2D eigenvalue weighted by Crippen LogP contribution is 2.23. The second kappa shape index (κ2) is 8.13. The van der Waals surface area contributed by atoms with Crippen molar-refractivity contribution in [2.45, 2.75) is 19.1 Å². The number of hydrogen-bond acceptors (Lipinski definition) is 3. The van der Waals surface area contributed by atoms with Crippen molar-refractivity contribution in [2.24, 2.45) is 0 Å². The zero-order chi connectivity index (χ0) is 19.3. The maximum absolute atomic E-state index is 12.8. The maximum atomic E-state index is 12.8. The fraction of sp³-hybridized carbons (Fsp3) is 0.217. The molecule has 3 aromatic rings. The third kappa shape index (κ3) is 4.14. The highest BCUT2D eigenvalue weighted by atomic mass is 16.5. The summed E-state index contributed by atoms with van der Waals surface area (Å²) in [6.07, 6.45) is -0.0213. The molecule has 1 fully saturated rings. The van der Waals surface area contributed by atoms with Gasteiger partial charge in [0.25, 0.3) is 0 Å². The average molecular weight is 373 g/mol. The number of nitrogens with zero attached hydrogens (tertiary/aromatic N) is 2. The van der Waals surface area contributed by atoms with Crippen LogP contribution in [0.5, 0.6) is 5.88 Å². The molecule has 1 aliphatic rings. The minimum atomic E-state index is -0.187. The van der Waals surface area contributed by atoms with Crippen LogP contribution in [0, 0.1) is 6.92 Å². The molecule has 5 heteroatoms. The van der Waals surface area contributed by atoms with Crippen molar-refractivity contribution in [3.05, 3.63) is 95.7 Å². The van der Waals surface area contributed by atoms with Crippen molar-refractivity contribution >= 4 is 6.03 Å². The summed E-state index contributed by atoms with van der Waals surface area (Å²) in [7, 11) is 0. The summed E-state index contributed by atoms with van der Waals surface area (Å²) in [5.74, 6) is 0.608. The summed E-state index contributed by atoms with van der Waals surface area (Å²) < 4.78 is 5.85. The molecule has 0 atom stereocenters. The fourth-order valence-corrected chi connectivity index (χ4v) is 3.30. The van der Waals surface area contributed by atoms with Gasteiger partial charge < -0.3 is 15.0 Å². The van der Waals surface area contributed by atoms with E-state index in [2.05, 4.69) is 10.3 Å². The molecule has 0 aliphatic carbocycles. The molecular formula is C23H23N3O2. The van der Waals surface area contributed by atoms with Gasteiger partial charge in [0.2, 0.25) is 5.88 Å². The van der Waals surface area contributed by atoms with E-state index in [0.29, 0.717) is 19.0 Å². The highest BCUT2D eigenvalue weighted by molar-refractivity contribution is 5.76. The highest BCUT2D eigenvalue weighted by Gasteiger charge is 2.33. The van der Waals surface area contributed by atoms with Crippen LogP contribution < -0.4 is 10.1 Å². The Bertz CT molecular complexity index is 885. The van der Waals surface area contributed by atoms with Gasteiger partial charge in [-0.05, 0) is 24.1 Å². The Morgan fingerprint density at radius 3 is 2.14 bits per heavy atom. The zero-order valence-electron chi connectivity index (χ0n) is 15.8. The van der Waals surface area contributed by atoms with E-state index < -0.39 is 0 Å². The van der Waals surface area contributed by atoms with Gasteiger partial charge in [0.05, 0.1) is 19.1 Å². The number of carbonyl (C=O) groups excluding carboxylic acids is 1. The van der Waals surface area contributed by atoms with Crippen LogP contribution in [0.2, 0.25) is 0 Å². The summed E-state index contributed by atoms with van der Waals surface area (Å²) in [5, 5.41) is 3.16. The van der Waals surface area contributed by atoms with Crippen molar-refractivity contribution in [1.29, 1.82) is 0 Å². The maximum Gasteiger partial charge on any atom is 0.318 e. The van der Waals surface area contributed by atoms with E-state index in [-0.39, 0.29) is 18.2 Å². The summed E-state index contributed by atoms with van der Waals surface area (Å²) in [6, 6.07) is 25.4. The van der Waals surface area contributed by atoms with Gasteiger partial charge in [-0.1, -0.05) is 66.7 Å². The number of aryl methyl sites for hydroxylation is 1. The van der Waals surface area contributed by atoms with Crippen molar-refractivity contribution < 1.29 is 9.53 Å². The minimum absolute atomic E-state index is 0.0213. The molecule has 4 rings (SSSR count). The first-order valence-electron chi connectivity index (χ1n) is 9.45. The van der Waals surface area contributed by atoms with Crippen LogP contribution >= 0.6 is 0 Å². The number of aromatic nitrogens is 1. The lowest BCUT2D eigenvalue weighted by Crippen LogP contribution is -2.59. The molecule has 1 aliphatic heterocycles. The van der Waals surface area contributed by atoms with Crippen LogP contribution in [-0.4, -0.2) is 35.1 Å². The van der Waals surface area contributed by atoms with E-state index in [1.54, 1.807) is 4.90 Å². The van der Waals surface area contributed by atoms with E-state index in [4.69, 9.17) is 4.74 Å². The average Bonchev–Trinajstić information content (AvgIpc) is 2.70. The van der Waals surface area contributed by atoms with Crippen molar-refractivity contribution in [2.75, 3.05) is 13.1 Å². The monoisotopic (exact) mass is 373 g/mol. The van der Waals surface area contributed by atoms with Crippen molar-refractivity contribution in [1.82, 2.24) is 15.2 Å². The van der Waals surface area contributed by atoms with Crippen molar-refractivity contribution in [3.8, 4) is 5.88 Å². The molecule has 2 aromatic carbocycles. The van der Waals surface area contributed by atoms with Gasteiger partial charge in [0.15, 0.2) is 0 Å². The molecule has 1 saturated heterocycles. The number of pyridine rings is 1. The van der Waals surface area contributed by atoms with Crippen LogP contribution in [-0.2, 0) is 0 Å². The van der Waals surface area contributed by atoms with Gasteiger partial charge >= 0.3 is 6.03 Å². The molecule has 0 unspecified atom stereocenters. The lowest BCUT2D eigenvalue weighted by atomic mass is 9.99. The number of rotatable bonds is 5. The van der Waals surface area contributed by atoms with Crippen LogP contribution in [0.4, 0.5) is 4.79 Å². The van der Waals surface area contributed by atoms with E-state index in [1.807, 2.05) is 85.8 Å². The van der Waals surface area contributed by atoms with E-state index in [0.717, 1.165) is 16.8 Å². The van der Waals surface area contributed by atoms with Gasteiger partial charge in [0.1, 0.15) is 6.10 Å². The molecular weight excluding hydrogens is 350 g/mol. The van der Waals surface area contributed by atoms with Crippen LogP contribution in [0.3, 0.4) is 0 Å². The fourth-order valence-electron chi connectivity index (χ4n) is 3.30. The topological polar surface area (TPSA) is 54.5 Å². The molecule has 142 valence electrons. The van der Waals surface area contributed by atoms with Crippen LogP contribution in [0.25, 0.3) is 0 Å². The number of hydrogen-bond donors (Lipinski definition) is 1. The molecule has 0 spiro atoms. The summed E-state index contributed by atoms with van der Waals surface area (Å²) >= 11 is 0. The standard InChI is InChI=1S/C23H23N3O2/c1-17-9-8-14-21(24-17)28-20-15-26(16-20)23(27)25-22(18-10-4-2-5-11-18)19-12-6-3-7-13-19/h2-14,20,22H,15-16H2,1H3,(H,25,27). The molecule has 0 radical (unpaired) electrons. The lowest BCUT2D eigenvalue weighted by Gasteiger charge is -2.39. The van der Waals surface area contributed by atoms with E-state index in [1.165, 1.54) is 0 Å². The van der Waals surface area contributed by atoms with E-state index in [9.17, 15) is 4.79 Å². The van der Waals surface area contributed by atoms with Gasteiger partial charge in [-0.2, -0.15) is 0 Å². The van der Waals surface area contributed by atoms with Crippen molar-refractivity contribution in [3.63, 3.8) is 0 Å². The number of ether oxygens (including phenoxy) is 1. The number of urea groups is 1. The molecule has 1 aromatic heterocycles. The number of benzene rings is 2. The molecule has 5 nitrogen and oxygen atoms in total. The smallest absolute Gasteiger partial charge is 0.318 e. The Kier molecular flexibility index (Phi) is 5.24. The Hall–Kier alpha value is -3.34. The summed E-state index contributed by atoms with van der Waals surface area (Å²) in [6.45, 7) is 3.04. The molecule has 28 heavy (non-hydrogen) atoms. The minimum Gasteiger partial charge on any atom is -0.471 e. The van der Waals surface area contributed by atoms with E-state index >= 15 is 0 Å². The number of likely N-dealkylation sites (tertiary alicyclic amines) is 1. The first-order valence-corrected chi connectivity index (χ1v) is 9.45. The molecule has 2 amide bonds. The summed E-state index contributed by atoms with van der Waals surface area (Å²) in [5.41, 5.74) is 3.03. The molecule has 2 heterocycles. The molecule has 1 N–H and O–H groups in total. The van der Waals surface area contributed by atoms with Gasteiger partial charge in [0, 0.05) is 11.8 Å². The molecule has 0 bridgehead atoms. The quantitative estimate of drug-likeness (QED) is 0.737. The lowest BCUT2D eigenvalue weighted by molar-refractivity contribution is 0.0407. The third-order valence-corrected chi connectivity index (χ3v) is 4.82. The number of carbonyl (C=O) groups is 1. The Morgan fingerprint density at radius 1 is 0.964 bits per heavy atom. The summed E-state index contributed by atoms with van der Waals surface area (Å²) in [4.78, 5) is 18.9.